The summed E-state index contributed by atoms with van der Waals surface area (Å²) in [5.41, 5.74) is 4.38. The first kappa shape index (κ1) is 19.6. The number of hydrogen-bond acceptors (Lipinski definition) is 5. The summed E-state index contributed by atoms with van der Waals surface area (Å²) in [6.45, 7) is 2.73. The standard InChI is InChI=1S/C25H23N3O2/c1-2-30-25(29)24-27-22-15-9-8-14-21(22)23(28-24)26-17-16-19-12-6-7-13-20(19)18-10-4-3-5-11-18/h3-15H,2,16-17H2,1H3,(H,26,27,28). The molecule has 0 saturated carbocycles. The summed E-state index contributed by atoms with van der Waals surface area (Å²) in [5.74, 6) is 0.198. The molecule has 0 radical (unpaired) electrons. The first-order chi connectivity index (χ1) is 14.8. The van der Waals surface area contributed by atoms with Crippen LogP contribution < -0.4 is 5.32 Å². The fraction of sp³-hybridized carbons (Fsp3) is 0.160. The van der Waals surface area contributed by atoms with Crippen LogP contribution in [-0.2, 0) is 11.2 Å². The zero-order valence-electron chi connectivity index (χ0n) is 16.8. The van der Waals surface area contributed by atoms with Crippen LogP contribution in [0.3, 0.4) is 0 Å². The molecule has 5 heteroatoms. The minimum atomic E-state index is -0.513. The molecule has 4 aromatic rings. The van der Waals surface area contributed by atoms with Gasteiger partial charge in [0.1, 0.15) is 5.82 Å². The highest BCUT2D eigenvalue weighted by atomic mass is 16.5. The Kier molecular flexibility index (Phi) is 5.99. The van der Waals surface area contributed by atoms with E-state index in [2.05, 4.69) is 51.7 Å². The van der Waals surface area contributed by atoms with Gasteiger partial charge in [-0.05, 0) is 42.2 Å². The summed E-state index contributed by atoms with van der Waals surface area (Å²) in [4.78, 5) is 20.9. The van der Waals surface area contributed by atoms with Crippen molar-refractivity contribution >= 4 is 22.7 Å². The van der Waals surface area contributed by atoms with Crippen molar-refractivity contribution in [3.8, 4) is 11.1 Å². The average molecular weight is 397 g/mol. The molecule has 150 valence electrons. The zero-order chi connectivity index (χ0) is 20.8. The zero-order valence-corrected chi connectivity index (χ0v) is 16.8. The van der Waals surface area contributed by atoms with E-state index in [1.807, 2.05) is 42.5 Å². The van der Waals surface area contributed by atoms with Gasteiger partial charge in [-0.25, -0.2) is 14.8 Å². The van der Waals surface area contributed by atoms with Gasteiger partial charge in [0.25, 0.3) is 0 Å². The SMILES string of the molecule is CCOC(=O)c1nc(NCCc2ccccc2-c2ccccc2)c2ccccc2n1. The van der Waals surface area contributed by atoms with Crippen LogP contribution in [0.25, 0.3) is 22.0 Å². The first-order valence-corrected chi connectivity index (χ1v) is 10.1. The summed E-state index contributed by atoms with van der Waals surface area (Å²) >= 11 is 0. The molecule has 0 fully saturated rings. The Labute approximate surface area is 175 Å². The molecule has 1 aromatic heterocycles. The van der Waals surface area contributed by atoms with Crippen molar-refractivity contribution in [2.45, 2.75) is 13.3 Å². The molecule has 0 bridgehead atoms. The first-order valence-electron chi connectivity index (χ1n) is 10.1. The quantitative estimate of drug-likeness (QED) is 0.438. The van der Waals surface area contributed by atoms with Crippen molar-refractivity contribution in [2.24, 2.45) is 0 Å². The molecule has 0 aliphatic carbocycles. The Hall–Kier alpha value is -3.73. The number of fused-ring (bicyclic) bond motifs is 1. The molecule has 0 aliphatic heterocycles. The second-order valence-electron chi connectivity index (χ2n) is 6.83. The molecule has 0 amide bonds. The van der Waals surface area contributed by atoms with E-state index >= 15 is 0 Å². The predicted octanol–water partition coefficient (Wildman–Crippen LogP) is 5.13. The lowest BCUT2D eigenvalue weighted by atomic mass is 9.98. The third kappa shape index (κ3) is 4.30. The van der Waals surface area contributed by atoms with Crippen molar-refractivity contribution in [3.05, 3.63) is 90.3 Å². The van der Waals surface area contributed by atoms with Crippen LogP contribution in [0.5, 0.6) is 0 Å². The molecular weight excluding hydrogens is 374 g/mol. The Balaban J connectivity index is 1.57. The van der Waals surface area contributed by atoms with Gasteiger partial charge in [-0.1, -0.05) is 66.7 Å². The lowest BCUT2D eigenvalue weighted by Gasteiger charge is -2.13. The molecule has 1 N–H and O–H groups in total. The van der Waals surface area contributed by atoms with Crippen LogP contribution in [0.1, 0.15) is 23.1 Å². The van der Waals surface area contributed by atoms with Gasteiger partial charge in [-0.15, -0.1) is 0 Å². The summed E-state index contributed by atoms with van der Waals surface area (Å²) in [5, 5.41) is 4.27. The van der Waals surface area contributed by atoms with E-state index in [1.54, 1.807) is 6.92 Å². The molecule has 3 aromatic carbocycles. The second-order valence-corrected chi connectivity index (χ2v) is 6.83. The number of anilines is 1. The molecule has 0 atom stereocenters. The van der Waals surface area contributed by atoms with Gasteiger partial charge >= 0.3 is 5.97 Å². The van der Waals surface area contributed by atoms with E-state index < -0.39 is 5.97 Å². The number of carbonyl (C=O) groups excluding carboxylic acids is 1. The van der Waals surface area contributed by atoms with E-state index in [0.717, 1.165) is 11.8 Å². The third-order valence-corrected chi connectivity index (χ3v) is 4.85. The van der Waals surface area contributed by atoms with Gasteiger partial charge in [0.15, 0.2) is 0 Å². The van der Waals surface area contributed by atoms with Crippen molar-refractivity contribution in [2.75, 3.05) is 18.5 Å². The van der Waals surface area contributed by atoms with Gasteiger partial charge in [-0.3, -0.25) is 0 Å². The maximum atomic E-state index is 12.2. The van der Waals surface area contributed by atoms with E-state index in [1.165, 1.54) is 16.7 Å². The van der Waals surface area contributed by atoms with Crippen LogP contribution in [-0.4, -0.2) is 29.1 Å². The minimum absolute atomic E-state index is 0.0720. The number of carbonyl (C=O) groups is 1. The maximum absolute atomic E-state index is 12.2. The molecule has 0 unspecified atom stereocenters. The highest BCUT2D eigenvalue weighted by Crippen LogP contribution is 2.24. The molecule has 5 nitrogen and oxygen atoms in total. The van der Waals surface area contributed by atoms with Gasteiger partial charge in [0.05, 0.1) is 12.1 Å². The monoisotopic (exact) mass is 397 g/mol. The van der Waals surface area contributed by atoms with Gasteiger partial charge in [-0.2, -0.15) is 0 Å². The Morgan fingerprint density at radius 3 is 2.47 bits per heavy atom. The molecule has 0 aliphatic rings. The van der Waals surface area contributed by atoms with Crippen molar-refractivity contribution in [1.29, 1.82) is 0 Å². The topological polar surface area (TPSA) is 64.1 Å². The average Bonchev–Trinajstić information content (AvgIpc) is 2.80. The van der Waals surface area contributed by atoms with Gasteiger partial charge in [0, 0.05) is 11.9 Å². The molecule has 4 rings (SSSR count). The van der Waals surface area contributed by atoms with E-state index in [-0.39, 0.29) is 12.4 Å². The fourth-order valence-corrected chi connectivity index (χ4v) is 3.45. The Morgan fingerprint density at radius 1 is 0.900 bits per heavy atom. The number of nitrogens with one attached hydrogen (secondary N) is 1. The molecular formula is C25H23N3O2. The maximum Gasteiger partial charge on any atom is 0.376 e. The largest absolute Gasteiger partial charge is 0.460 e. The molecule has 30 heavy (non-hydrogen) atoms. The number of para-hydroxylation sites is 1. The normalized spacial score (nSPS) is 10.7. The molecule has 0 saturated heterocycles. The third-order valence-electron chi connectivity index (χ3n) is 4.85. The van der Waals surface area contributed by atoms with Gasteiger partial charge in [0.2, 0.25) is 5.82 Å². The lowest BCUT2D eigenvalue weighted by Crippen LogP contribution is -2.14. The summed E-state index contributed by atoms with van der Waals surface area (Å²) in [6, 6.07) is 26.4. The summed E-state index contributed by atoms with van der Waals surface area (Å²) < 4.78 is 5.08. The van der Waals surface area contributed by atoms with Crippen LogP contribution in [0, 0.1) is 0 Å². The number of esters is 1. The summed E-state index contributed by atoms with van der Waals surface area (Å²) in [6.07, 6.45) is 0.818. The highest BCUT2D eigenvalue weighted by molar-refractivity contribution is 5.94. The van der Waals surface area contributed by atoms with Crippen LogP contribution >= 0.6 is 0 Å². The Morgan fingerprint density at radius 2 is 1.63 bits per heavy atom. The van der Waals surface area contributed by atoms with E-state index in [9.17, 15) is 4.79 Å². The number of hydrogen-bond donors (Lipinski definition) is 1. The number of rotatable bonds is 7. The Bertz CT molecular complexity index is 1160. The fourth-order valence-electron chi connectivity index (χ4n) is 3.45. The van der Waals surface area contributed by atoms with Crippen LogP contribution in [0.15, 0.2) is 78.9 Å². The second kappa shape index (κ2) is 9.18. The minimum Gasteiger partial charge on any atom is -0.460 e. The lowest BCUT2D eigenvalue weighted by molar-refractivity contribution is 0.0512. The highest BCUT2D eigenvalue weighted by Gasteiger charge is 2.15. The van der Waals surface area contributed by atoms with Crippen LogP contribution in [0.2, 0.25) is 0 Å². The number of aromatic nitrogens is 2. The van der Waals surface area contributed by atoms with Crippen molar-refractivity contribution in [3.63, 3.8) is 0 Å². The van der Waals surface area contributed by atoms with Gasteiger partial charge < -0.3 is 10.1 Å². The summed E-state index contributed by atoms with van der Waals surface area (Å²) in [7, 11) is 0. The number of ether oxygens (including phenoxy) is 1. The molecule has 0 spiro atoms. The smallest absolute Gasteiger partial charge is 0.376 e. The molecule has 1 heterocycles. The van der Waals surface area contributed by atoms with Crippen molar-refractivity contribution < 1.29 is 9.53 Å². The van der Waals surface area contributed by atoms with E-state index in [0.29, 0.717) is 17.9 Å². The van der Waals surface area contributed by atoms with Crippen molar-refractivity contribution in [1.82, 2.24) is 9.97 Å². The number of nitrogens with zero attached hydrogens (tertiary/aromatic N) is 2. The van der Waals surface area contributed by atoms with E-state index in [4.69, 9.17) is 4.74 Å². The van der Waals surface area contributed by atoms with Crippen LogP contribution in [0.4, 0.5) is 5.82 Å². The number of benzene rings is 3. The predicted molar refractivity (Wildman–Crippen MR) is 120 cm³/mol.